The zero-order valence-electron chi connectivity index (χ0n) is 10.4. The number of anilines is 1. The molecule has 20 heavy (non-hydrogen) atoms. The monoisotopic (exact) mass is 351 g/mol. The zero-order valence-corrected chi connectivity index (χ0v) is 13.5. The summed E-state index contributed by atoms with van der Waals surface area (Å²) >= 11 is 12.9. The van der Waals surface area contributed by atoms with Crippen LogP contribution in [-0.2, 0) is 16.6 Å². The minimum atomic E-state index is -3.73. The lowest BCUT2D eigenvalue weighted by Gasteiger charge is -2.08. The quantitative estimate of drug-likeness (QED) is 0.883. The second-order valence-corrected chi connectivity index (χ2v) is 7.92. The Kier molecular flexibility index (Phi) is 4.61. The third-order valence-electron chi connectivity index (χ3n) is 2.48. The Balaban J connectivity index is 2.37. The normalized spacial score (nSPS) is 11.6. The molecule has 0 saturated carbocycles. The van der Waals surface area contributed by atoms with E-state index in [2.05, 4.69) is 4.72 Å². The van der Waals surface area contributed by atoms with Crippen molar-refractivity contribution in [3.8, 4) is 0 Å². The van der Waals surface area contributed by atoms with Gasteiger partial charge in [-0.25, -0.2) is 8.42 Å². The number of thiophene rings is 1. The summed E-state index contributed by atoms with van der Waals surface area (Å²) in [6, 6.07) is 5.91. The van der Waals surface area contributed by atoms with Gasteiger partial charge in [0.05, 0.1) is 12.3 Å². The molecule has 0 saturated heterocycles. The van der Waals surface area contributed by atoms with Gasteiger partial charge in [-0.15, -0.1) is 11.3 Å². The summed E-state index contributed by atoms with van der Waals surface area (Å²) in [6.07, 6.45) is 0. The summed E-state index contributed by atoms with van der Waals surface area (Å²) < 4.78 is 27.0. The Morgan fingerprint density at radius 3 is 2.30 bits per heavy atom. The van der Waals surface area contributed by atoms with E-state index >= 15 is 0 Å². The molecule has 0 aliphatic rings. The maximum Gasteiger partial charge on any atom is 0.263 e. The topological polar surface area (TPSA) is 66.4 Å². The molecule has 1 heterocycles. The molecule has 0 aliphatic heterocycles. The first-order chi connectivity index (χ1) is 9.31. The highest BCUT2D eigenvalue weighted by molar-refractivity contribution is 7.93. The third kappa shape index (κ3) is 3.45. The predicted molar refractivity (Wildman–Crippen MR) is 82.2 cm³/mol. The lowest BCUT2D eigenvalue weighted by molar-refractivity contribution is 0.285. The van der Waals surface area contributed by atoms with Crippen LogP contribution < -0.4 is 4.72 Å². The Labute approximate surface area is 131 Å². The summed E-state index contributed by atoms with van der Waals surface area (Å²) in [5.41, 5.74) is 0.290. The van der Waals surface area contributed by atoms with E-state index in [1.165, 1.54) is 35.6 Å². The molecule has 4 nitrogen and oxygen atoms in total. The van der Waals surface area contributed by atoms with Crippen molar-refractivity contribution < 1.29 is 13.5 Å². The SMILES string of the molecule is Cc1sc(CO)cc1S(=O)(=O)Nc1cc(Cl)cc(Cl)c1. The maximum absolute atomic E-state index is 12.3. The second-order valence-electron chi connectivity index (χ2n) is 4.05. The Bertz CT molecular complexity index is 721. The predicted octanol–water partition coefficient (Wildman–Crippen LogP) is 3.66. The van der Waals surface area contributed by atoms with Crippen molar-refractivity contribution in [3.63, 3.8) is 0 Å². The smallest absolute Gasteiger partial charge is 0.263 e. The molecular formula is C12H11Cl2NO3S2. The van der Waals surface area contributed by atoms with Gasteiger partial charge in [0.25, 0.3) is 10.0 Å². The van der Waals surface area contributed by atoms with Crippen molar-refractivity contribution in [2.45, 2.75) is 18.4 Å². The van der Waals surface area contributed by atoms with E-state index in [0.717, 1.165) is 0 Å². The number of rotatable bonds is 4. The van der Waals surface area contributed by atoms with Crippen LogP contribution in [-0.4, -0.2) is 13.5 Å². The van der Waals surface area contributed by atoms with Gasteiger partial charge in [0.15, 0.2) is 0 Å². The van der Waals surface area contributed by atoms with Crippen LogP contribution in [0.25, 0.3) is 0 Å². The molecule has 0 bridgehead atoms. The van der Waals surface area contributed by atoms with Gasteiger partial charge in [0.1, 0.15) is 4.90 Å². The zero-order chi connectivity index (χ0) is 14.9. The van der Waals surface area contributed by atoms with E-state index in [1.807, 2.05) is 0 Å². The van der Waals surface area contributed by atoms with Gasteiger partial charge in [-0.3, -0.25) is 4.72 Å². The number of aliphatic hydroxyl groups excluding tert-OH is 1. The van der Waals surface area contributed by atoms with Crippen molar-refractivity contribution >= 4 is 50.2 Å². The van der Waals surface area contributed by atoms with Gasteiger partial charge in [0, 0.05) is 19.8 Å². The molecule has 0 fully saturated rings. The third-order valence-corrected chi connectivity index (χ3v) is 5.59. The van der Waals surface area contributed by atoms with Gasteiger partial charge in [0.2, 0.25) is 0 Å². The number of aryl methyl sites for hydroxylation is 1. The number of nitrogens with one attached hydrogen (secondary N) is 1. The molecule has 2 rings (SSSR count). The summed E-state index contributed by atoms with van der Waals surface area (Å²) in [7, 11) is -3.73. The number of aliphatic hydroxyl groups is 1. The molecule has 1 aromatic heterocycles. The first-order valence-electron chi connectivity index (χ1n) is 5.51. The van der Waals surface area contributed by atoms with Gasteiger partial charge in [-0.2, -0.15) is 0 Å². The minimum absolute atomic E-state index is 0.141. The molecule has 0 unspecified atom stereocenters. The standard InChI is InChI=1S/C12H11Cl2NO3S2/c1-7-12(5-11(6-16)19-7)20(17,18)15-10-3-8(13)2-9(14)4-10/h2-5,15-16H,6H2,1H3. The van der Waals surface area contributed by atoms with Crippen LogP contribution in [0.15, 0.2) is 29.2 Å². The minimum Gasteiger partial charge on any atom is -0.391 e. The summed E-state index contributed by atoms with van der Waals surface area (Å²) in [4.78, 5) is 1.34. The number of halogens is 2. The largest absolute Gasteiger partial charge is 0.391 e. The van der Waals surface area contributed by atoms with Crippen LogP contribution in [0.4, 0.5) is 5.69 Å². The summed E-state index contributed by atoms with van der Waals surface area (Å²) in [6.45, 7) is 1.49. The Morgan fingerprint density at radius 2 is 1.80 bits per heavy atom. The fourth-order valence-corrected chi connectivity index (χ4v) is 4.75. The fourth-order valence-electron chi connectivity index (χ4n) is 1.69. The molecule has 2 N–H and O–H groups in total. The highest BCUT2D eigenvalue weighted by atomic mass is 35.5. The molecule has 0 atom stereocenters. The molecule has 0 amide bonds. The van der Waals surface area contributed by atoms with Gasteiger partial charge < -0.3 is 5.11 Å². The maximum atomic E-state index is 12.3. The fraction of sp³-hybridized carbons (Fsp3) is 0.167. The van der Waals surface area contributed by atoms with Crippen molar-refractivity contribution in [2.24, 2.45) is 0 Å². The van der Waals surface area contributed by atoms with Crippen LogP contribution >= 0.6 is 34.5 Å². The molecule has 0 radical (unpaired) electrons. The number of sulfonamides is 1. The van der Waals surface area contributed by atoms with Crippen LogP contribution in [0, 0.1) is 6.92 Å². The van der Waals surface area contributed by atoms with Crippen molar-refractivity contribution in [2.75, 3.05) is 4.72 Å². The summed E-state index contributed by atoms with van der Waals surface area (Å²) in [5, 5.41) is 9.75. The van der Waals surface area contributed by atoms with Crippen LogP contribution in [0.1, 0.15) is 9.75 Å². The van der Waals surface area contributed by atoms with Crippen molar-refractivity contribution in [3.05, 3.63) is 44.1 Å². The van der Waals surface area contributed by atoms with Crippen LogP contribution in [0.3, 0.4) is 0 Å². The first-order valence-corrected chi connectivity index (χ1v) is 8.56. The average molecular weight is 352 g/mol. The van der Waals surface area contributed by atoms with E-state index in [-0.39, 0.29) is 11.5 Å². The van der Waals surface area contributed by atoms with E-state index in [9.17, 15) is 8.42 Å². The lowest BCUT2D eigenvalue weighted by atomic mass is 10.3. The van der Waals surface area contributed by atoms with Crippen LogP contribution in [0.5, 0.6) is 0 Å². The van der Waals surface area contributed by atoms with Crippen molar-refractivity contribution in [1.29, 1.82) is 0 Å². The van der Waals surface area contributed by atoms with Gasteiger partial charge in [-0.05, 0) is 31.2 Å². The molecule has 0 aliphatic carbocycles. The summed E-state index contributed by atoms with van der Waals surface area (Å²) in [5.74, 6) is 0. The average Bonchev–Trinajstić information content (AvgIpc) is 2.69. The van der Waals surface area contributed by atoms with E-state index in [0.29, 0.717) is 25.5 Å². The second kappa shape index (κ2) is 5.91. The molecule has 0 spiro atoms. The molecule has 1 aromatic carbocycles. The lowest BCUT2D eigenvalue weighted by Crippen LogP contribution is -2.13. The molecule has 2 aromatic rings. The number of hydrogen-bond acceptors (Lipinski definition) is 4. The molecule has 8 heteroatoms. The van der Waals surface area contributed by atoms with E-state index in [4.69, 9.17) is 28.3 Å². The highest BCUT2D eigenvalue weighted by Gasteiger charge is 2.20. The van der Waals surface area contributed by atoms with E-state index < -0.39 is 10.0 Å². The van der Waals surface area contributed by atoms with E-state index in [1.54, 1.807) is 6.92 Å². The molecule has 108 valence electrons. The number of hydrogen-bond donors (Lipinski definition) is 2. The van der Waals surface area contributed by atoms with Gasteiger partial charge in [-0.1, -0.05) is 23.2 Å². The Morgan fingerprint density at radius 1 is 1.20 bits per heavy atom. The van der Waals surface area contributed by atoms with Crippen LogP contribution in [0.2, 0.25) is 10.0 Å². The molecular weight excluding hydrogens is 341 g/mol. The van der Waals surface area contributed by atoms with Gasteiger partial charge >= 0.3 is 0 Å². The first kappa shape index (κ1) is 15.6. The highest BCUT2D eigenvalue weighted by Crippen LogP contribution is 2.29. The number of benzene rings is 1. The van der Waals surface area contributed by atoms with Crippen molar-refractivity contribution in [1.82, 2.24) is 0 Å². The Hall–Kier alpha value is -0.790.